The van der Waals surface area contributed by atoms with Gasteiger partial charge in [-0.15, -0.1) is 6.58 Å². The van der Waals surface area contributed by atoms with Gasteiger partial charge in [-0.1, -0.05) is 6.08 Å². The lowest BCUT2D eigenvalue weighted by molar-refractivity contribution is -0.139. The van der Waals surface area contributed by atoms with Crippen molar-refractivity contribution < 1.29 is 14.7 Å². The van der Waals surface area contributed by atoms with Crippen LogP contribution in [-0.4, -0.2) is 53.6 Å². The van der Waals surface area contributed by atoms with Crippen molar-refractivity contribution in [1.29, 1.82) is 0 Å². The molecule has 5 heteroatoms. The van der Waals surface area contributed by atoms with Crippen LogP contribution in [0.25, 0.3) is 0 Å². The van der Waals surface area contributed by atoms with Gasteiger partial charge in [0.05, 0.1) is 6.42 Å². The van der Waals surface area contributed by atoms with Gasteiger partial charge in [0.15, 0.2) is 0 Å². The maximum atomic E-state index is 11.8. The first-order valence-corrected chi connectivity index (χ1v) is 5.87. The third-order valence-electron chi connectivity index (χ3n) is 2.92. The largest absolute Gasteiger partial charge is 0.481 e. The number of carbonyl (C=O) groups is 2. The lowest BCUT2D eigenvalue weighted by Gasteiger charge is -2.40. The molecule has 0 aromatic rings. The maximum absolute atomic E-state index is 11.8. The number of carbonyl (C=O) groups excluding carboxylic acids is 1. The number of urea groups is 1. The molecular formula is C12H20N2O3. The van der Waals surface area contributed by atoms with Crippen LogP contribution in [0.2, 0.25) is 0 Å². The van der Waals surface area contributed by atoms with E-state index in [1.165, 1.54) is 0 Å². The minimum atomic E-state index is -0.790. The molecule has 2 amide bonds. The van der Waals surface area contributed by atoms with Crippen molar-refractivity contribution in [3.05, 3.63) is 12.7 Å². The minimum Gasteiger partial charge on any atom is -0.481 e. The van der Waals surface area contributed by atoms with E-state index >= 15 is 0 Å². The number of carboxylic acid groups (broad SMARTS) is 1. The first kappa shape index (κ1) is 13.5. The van der Waals surface area contributed by atoms with Crippen molar-refractivity contribution in [3.63, 3.8) is 0 Å². The van der Waals surface area contributed by atoms with Crippen LogP contribution in [0.3, 0.4) is 0 Å². The van der Waals surface area contributed by atoms with Crippen LogP contribution in [0.4, 0.5) is 4.79 Å². The van der Waals surface area contributed by atoms with Crippen LogP contribution < -0.4 is 0 Å². The summed E-state index contributed by atoms with van der Waals surface area (Å²) in [5, 5.41) is 8.60. The molecule has 0 bridgehead atoms. The zero-order chi connectivity index (χ0) is 12.8. The Kier molecular flexibility index (Phi) is 5.00. The Labute approximate surface area is 102 Å². The van der Waals surface area contributed by atoms with Gasteiger partial charge >= 0.3 is 12.0 Å². The Morgan fingerprint density at radius 2 is 2.18 bits per heavy atom. The van der Waals surface area contributed by atoms with Crippen LogP contribution in [0.15, 0.2) is 12.7 Å². The number of hydrogen-bond donors (Lipinski definition) is 1. The molecule has 0 atom stereocenters. The third kappa shape index (κ3) is 4.09. The van der Waals surface area contributed by atoms with Gasteiger partial charge in [-0.2, -0.15) is 0 Å². The number of amides is 2. The monoisotopic (exact) mass is 240 g/mol. The second-order valence-electron chi connectivity index (χ2n) is 4.50. The molecule has 0 radical (unpaired) electrons. The Morgan fingerprint density at radius 1 is 1.53 bits per heavy atom. The minimum absolute atomic E-state index is 0.00398. The van der Waals surface area contributed by atoms with Crippen molar-refractivity contribution in [2.75, 3.05) is 26.7 Å². The van der Waals surface area contributed by atoms with Crippen LogP contribution in [0, 0.1) is 5.92 Å². The molecule has 1 saturated heterocycles. The molecule has 0 aliphatic carbocycles. The summed E-state index contributed by atoms with van der Waals surface area (Å²) in [6.45, 7) is 5.48. The van der Waals surface area contributed by atoms with E-state index in [9.17, 15) is 9.59 Å². The summed E-state index contributed by atoms with van der Waals surface area (Å²) in [6.07, 6.45) is 3.81. The van der Waals surface area contributed by atoms with Gasteiger partial charge in [0.1, 0.15) is 0 Å². The standard InChI is InChI=1S/C12H20N2O3/c1-3-4-5-6-13(2)12(17)14-8-10(9-14)7-11(15)16/h3,10H,1,4-9H2,2H3,(H,15,16). The fraction of sp³-hybridized carbons (Fsp3) is 0.667. The summed E-state index contributed by atoms with van der Waals surface area (Å²) in [7, 11) is 1.77. The molecule has 0 spiro atoms. The van der Waals surface area contributed by atoms with Crippen LogP contribution in [0.5, 0.6) is 0 Å². The molecule has 17 heavy (non-hydrogen) atoms. The average Bonchev–Trinajstić information content (AvgIpc) is 2.21. The number of nitrogens with zero attached hydrogens (tertiary/aromatic N) is 2. The van der Waals surface area contributed by atoms with E-state index in [-0.39, 0.29) is 18.4 Å². The molecule has 1 N–H and O–H groups in total. The summed E-state index contributed by atoms with van der Waals surface area (Å²) in [4.78, 5) is 25.7. The number of allylic oxidation sites excluding steroid dienone is 1. The van der Waals surface area contributed by atoms with Crippen LogP contribution in [0.1, 0.15) is 19.3 Å². The predicted octanol–water partition coefficient (Wildman–Crippen LogP) is 1.41. The van der Waals surface area contributed by atoms with Gasteiger partial charge in [0, 0.05) is 32.6 Å². The highest BCUT2D eigenvalue weighted by atomic mass is 16.4. The Morgan fingerprint density at radius 3 is 2.71 bits per heavy atom. The zero-order valence-electron chi connectivity index (χ0n) is 10.3. The lowest BCUT2D eigenvalue weighted by Crippen LogP contribution is -2.54. The van der Waals surface area contributed by atoms with Crippen LogP contribution in [-0.2, 0) is 4.79 Å². The topological polar surface area (TPSA) is 60.9 Å². The van der Waals surface area contributed by atoms with E-state index in [4.69, 9.17) is 5.11 Å². The molecule has 5 nitrogen and oxygen atoms in total. The molecular weight excluding hydrogens is 220 g/mol. The number of hydrogen-bond acceptors (Lipinski definition) is 2. The normalized spacial score (nSPS) is 15.2. The van der Waals surface area contributed by atoms with Gasteiger partial charge in [0.2, 0.25) is 0 Å². The smallest absolute Gasteiger partial charge is 0.319 e. The van der Waals surface area contributed by atoms with Crippen molar-refractivity contribution in [1.82, 2.24) is 9.80 Å². The van der Waals surface area contributed by atoms with Gasteiger partial charge in [-0.3, -0.25) is 4.79 Å². The SMILES string of the molecule is C=CCCCN(C)C(=O)N1CC(CC(=O)O)C1. The quantitative estimate of drug-likeness (QED) is 0.564. The summed E-state index contributed by atoms with van der Waals surface area (Å²) >= 11 is 0. The second kappa shape index (κ2) is 6.27. The van der Waals surface area contributed by atoms with Crippen molar-refractivity contribution >= 4 is 12.0 Å². The first-order valence-electron chi connectivity index (χ1n) is 5.87. The van der Waals surface area contributed by atoms with E-state index < -0.39 is 5.97 Å². The van der Waals surface area contributed by atoms with Crippen LogP contribution >= 0.6 is 0 Å². The van der Waals surface area contributed by atoms with E-state index in [0.29, 0.717) is 19.6 Å². The molecule has 1 rings (SSSR count). The highest BCUT2D eigenvalue weighted by molar-refractivity contribution is 5.75. The van der Waals surface area contributed by atoms with Gasteiger partial charge < -0.3 is 14.9 Å². The molecule has 1 aliphatic rings. The Balaban J connectivity index is 2.21. The van der Waals surface area contributed by atoms with Gasteiger partial charge in [-0.05, 0) is 12.8 Å². The molecule has 1 aliphatic heterocycles. The predicted molar refractivity (Wildman–Crippen MR) is 64.8 cm³/mol. The Hall–Kier alpha value is -1.52. The summed E-state index contributed by atoms with van der Waals surface area (Å²) < 4.78 is 0. The number of rotatable bonds is 6. The van der Waals surface area contributed by atoms with Crippen molar-refractivity contribution in [2.24, 2.45) is 5.92 Å². The average molecular weight is 240 g/mol. The molecule has 1 fully saturated rings. The van der Waals surface area contributed by atoms with Gasteiger partial charge in [0.25, 0.3) is 0 Å². The zero-order valence-corrected chi connectivity index (χ0v) is 10.3. The number of carboxylic acids is 1. The summed E-state index contributed by atoms with van der Waals surface area (Å²) in [5.41, 5.74) is 0. The lowest BCUT2D eigenvalue weighted by atomic mass is 9.97. The third-order valence-corrected chi connectivity index (χ3v) is 2.92. The van der Waals surface area contributed by atoms with E-state index in [2.05, 4.69) is 6.58 Å². The summed E-state index contributed by atoms with van der Waals surface area (Å²) in [5.74, 6) is -0.667. The number of unbranched alkanes of at least 4 members (excludes halogenated alkanes) is 1. The first-order chi connectivity index (χ1) is 8.04. The fourth-order valence-electron chi connectivity index (χ4n) is 1.91. The Bertz CT molecular complexity index is 298. The second-order valence-corrected chi connectivity index (χ2v) is 4.50. The van der Waals surface area contributed by atoms with Crippen molar-refractivity contribution in [2.45, 2.75) is 19.3 Å². The summed E-state index contributed by atoms with van der Waals surface area (Å²) in [6, 6.07) is -0.00398. The fourth-order valence-corrected chi connectivity index (χ4v) is 1.91. The molecule has 0 saturated carbocycles. The van der Waals surface area contributed by atoms with E-state index in [0.717, 1.165) is 12.8 Å². The van der Waals surface area contributed by atoms with E-state index in [1.807, 2.05) is 6.08 Å². The highest BCUT2D eigenvalue weighted by Gasteiger charge is 2.33. The number of likely N-dealkylation sites (tertiary alicyclic amines) is 1. The molecule has 0 aromatic carbocycles. The molecule has 0 unspecified atom stereocenters. The highest BCUT2D eigenvalue weighted by Crippen LogP contribution is 2.20. The number of aliphatic carboxylic acids is 1. The molecule has 96 valence electrons. The molecule has 0 aromatic heterocycles. The maximum Gasteiger partial charge on any atom is 0.319 e. The van der Waals surface area contributed by atoms with Crippen molar-refractivity contribution in [3.8, 4) is 0 Å². The van der Waals surface area contributed by atoms with E-state index in [1.54, 1.807) is 16.8 Å². The van der Waals surface area contributed by atoms with Gasteiger partial charge in [-0.25, -0.2) is 4.79 Å². The molecule has 1 heterocycles.